The van der Waals surface area contributed by atoms with Gasteiger partial charge in [-0.25, -0.2) is 8.42 Å². The van der Waals surface area contributed by atoms with Gasteiger partial charge in [-0.05, 0) is 66.9 Å². The van der Waals surface area contributed by atoms with E-state index in [0.717, 1.165) is 22.4 Å². The summed E-state index contributed by atoms with van der Waals surface area (Å²) in [5.41, 5.74) is 4.15. The fourth-order valence-electron chi connectivity index (χ4n) is 3.37. The highest BCUT2D eigenvalue weighted by Crippen LogP contribution is 2.20. The Morgan fingerprint density at radius 1 is 0.938 bits per heavy atom. The Labute approximate surface area is 189 Å². The third-order valence-electron chi connectivity index (χ3n) is 4.84. The third kappa shape index (κ3) is 6.59. The van der Waals surface area contributed by atoms with Crippen LogP contribution in [0.1, 0.15) is 27.0 Å². The van der Waals surface area contributed by atoms with E-state index in [1.165, 1.54) is 10.6 Å². The van der Waals surface area contributed by atoms with Crippen molar-refractivity contribution in [1.29, 1.82) is 0 Å². The van der Waals surface area contributed by atoms with Crippen molar-refractivity contribution >= 4 is 21.6 Å². The monoisotopic (exact) mass is 452 g/mol. The van der Waals surface area contributed by atoms with Gasteiger partial charge in [-0.15, -0.1) is 0 Å². The van der Waals surface area contributed by atoms with Crippen LogP contribution in [0.25, 0.3) is 0 Å². The number of ether oxygens (including phenoxy) is 1. The molecule has 0 aliphatic carbocycles. The molecule has 0 spiro atoms. The minimum absolute atomic E-state index is 0.189. The van der Waals surface area contributed by atoms with Gasteiger partial charge in [-0.3, -0.25) is 9.10 Å². The van der Waals surface area contributed by atoms with Gasteiger partial charge in [0.05, 0.1) is 25.0 Å². The Bertz CT molecular complexity index is 1140. The Kier molecular flexibility index (Phi) is 7.53. The van der Waals surface area contributed by atoms with Gasteiger partial charge in [0.15, 0.2) is 0 Å². The van der Waals surface area contributed by atoms with E-state index in [1.807, 2.05) is 32.0 Å². The average Bonchev–Trinajstić information content (AvgIpc) is 2.74. The van der Waals surface area contributed by atoms with E-state index in [9.17, 15) is 13.2 Å². The van der Waals surface area contributed by atoms with Crippen LogP contribution < -0.4 is 14.4 Å². The summed E-state index contributed by atoms with van der Waals surface area (Å²) in [6.45, 7) is 4.96. The van der Waals surface area contributed by atoms with E-state index in [1.54, 1.807) is 48.5 Å². The molecule has 3 rings (SSSR count). The summed E-state index contributed by atoms with van der Waals surface area (Å²) < 4.78 is 31.5. The fourth-order valence-corrected chi connectivity index (χ4v) is 4.26. The molecule has 0 fully saturated rings. The molecule has 3 aromatic carbocycles. The number of hydrogen-bond donors (Lipinski definition) is 1. The molecule has 1 N–H and O–H groups in total. The van der Waals surface area contributed by atoms with Crippen LogP contribution in [0.4, 0.5) is 5.69 Å². The number of carbonyl (C=O) groups is 1. The normalized spacial score (nSPS) is 11.1. The molecular formula is C25H28N2O4S. The first-order valence-electron chi connectivity index (χ1n) is 10.3. The van der Waals surface area contributed by atoms with E-state index < -0.39 is 10.0 Å². The van der Waals surface area contributed by atoms with E-state index >= 15 is 0 Å². The largest absolute Gasteiger partial charge is 0.492 e. The predicted octanol–water partition coefficient (Wildman–Crippen LogP) is 4.08. The molecule has 3 aromatic rings. The van der Waals surface area contributed by atoms with Gasteiger partial charge in [0.2, 0.25) is 10.0 Å². The summed E-state index contributed by atoms with van der Waals surface area (Å²) in [6.07, 6.45) is 1.18. The number of amides is 1. The van der Waals surface area contributed by atoms with Crippen molar-refractivity contribution in [2.75, 3.05) is 23.7 Å². The van der Waals surface area contributed by atoms with Crippen molar-refractivity contribution in [3.8, 4) is 5.75 Å². The lowest BCUT2D eigenvalue weighted by molar-refractivity contribution is 0.0947. The summed E-state index contributed by atoms with van der Waals surface area (Å²) in [5, 5.41) is 2.84. The second-order valence-electron chi connectivity index (χ2n) is 7.73. The Balaban J connectivity index is 1.55. The maximum absolute atomic E-state index is 12.4. The molecule has 0 unspecified atom stereocenters. The highest BCUT2D eigenvalue weighted by atomic mass is 32.2. The fraction of sp³-hybridized carbons (Fsp3) is 0.240. The van der Waals surface area contributed by atoms with Crippen LogP contribution in [-0.4, -0.2) is 33.7 Å². The SMILES string of the molecule is Cc1cc(C)cc(OCCNC(=O)c2ccc(CN(c3ccccc3)S(C)(=O)=O)cc2)c1. The van der Waals surface area contributed by atoms with Crippen molar-refractivity contribution in [3.05, 3.63) is 95.1 Å². The lowest BCUT2D eigenvalue weighted by Gasteiger charge is -2.22. The smallest absolute Gasteiger partial charge is 0.251 e. The average molecular weight is 453 g/mol. The minimum atomic E-state index is -3.45. The predicted molar refractivity (Wildman–Crippen MR) is 128 cm³/mol. The lowest BCUT2D eigenvalue weighted by Crippen LogP contribution is -2.29. The zero-order valence-corrected chi connectivity index (χ0v) is 19.4. The van der Waals surface area contributed by atoms with Gasteiger partial charge in [0.1, 0.15) is 12.4 Å². The number of hydrogen-bond acceptors (Lipinski definition) is 4. The molecule has 1 amide bonds. The summed E-state index contributed by atoms with van der Waals surface area (Å²) >= 11 is 0. The summed E-state index contributed by atoms with van der Waals surface area (Å²) in [5.74, 6) is 0.582. The van der Waals surface area contributed by atoms with E-state index in [0.29, 0.717) is 24.4 Å². The van der Waals surface area contributed by atoms with E-state index in [2.05, 4.69) is 11.4 Å². The second kappa shape index (κ2) is 10.3. The number of anilines is 1. The number of nitrogens with zero attached hydrogens (tertiary/aromatic N) is 1. The molecule has 0 saturated carbocycles. The molecule has 7 heteroatoms. The Hall–Kier alpha value is -3.32. The molecule has 0 saturated heterocycles. The molecular weight excluding hydrogens is 424 g/mol. The Morgan fingerprint density at radius 2 is 1.56 bits per heavy atom. The summed E-state index contributed by atoms with van der Waals surface area (Å²) in [4.78, 5) is 12.4. The van der Waals surface area contributed by atoms with Gasteiger partial charge in [0.25, 0.3) is 5.91 Å². The lowest BCUT2D eigenvalue weighted by atomic mass is 10.1. The molecule has 0 aliphatic rings. The van der Waals surface area contributed by atoms with Gasteiger partial charge >= 0.3 is 0 Å². The van der Waals surface area contributed by atoms with Gasteiger partial charge < -0.3 is 10.1 Å². The number of para-hydroxylation sites is 1. The second-order valence-corrected chi connectivity index (χ2v) is 9.64. The molecule has 0 radical (unpaired) electrons. The van der Waals surface area contributed by atoms with Crippen molar-refractivity contribution in [2.24, 2.45) is 0 Å². The molecule has 0 aromatic heterocycles. The summed E-state index contributed by atoms with van der Waals surface area (Å²) in [6, 6.07) is 21.9. The van der Waals surface area contributed by atoms with Gasteiger partial charge in [-0.1, -0.05) is 36.4 Å². The molecule has 0 aliphatic heterocycles. The molecule has 0 heterocycles. The molecule has 6 nitrogen and oxygen atoms in total. The summed E-state index contributed by atoms with van der Waals surface area (Å²) in [7, 11) is -3.45. The topological polar surface area (TPSA) is 75.7 Å². The Morgan fingerprint density at radius 3 is 2.16 bits per heavy atom. The first-order chi connectivity index (χ1) is 15.2. The molecule has 0 bridgehead atoms. The number of sulfonamides is 1. The van der Waals surface area contributed by atoms with Gasteiger partial charge in [-0.2, -0.15) is 0 Å². The van der Waals surface area contributed by atoms with Crippen LogP contribution in [0.5, 0.6) is 5.75 Å². The van der Waals surface area contributed by atoms with Crippen molar-refractivity contribution in [2.45, 2.75) is 20.4 Å². The van der Waals surface area contributed by atoms with Crippen molar-refractivity contribution in [3.63, 3.8) is 0 Å². The zero-order chi connectivity index (χ0) is 23.1. The van der Waals surface area contributed by atoms with Crippen LogP contribution in [0.15, 0.2) is 72.8 Å². The zero-order valence-electron chi connectivity index (χ0n) is 18.5. The van der Waals surface area contributed by atoms with Crippen LogP contribution in [-0.2, 0) is 16.6 Å². The number of rotatable bonds is 9. The van der Waals surface area contributed by atoms with Crippen LogP contribution in [0, 0.1) is 13.8 Å². The first-order valence-corrected chi connectivity index (χ1v) is 12.2. The molecule has 0 atom stereocenters. The molecule has 168 valence electrons. The maximum atomic E-state index is 12.4. The number of benzene rings is 3. The van der Waals surface area contributed by atoms with E-state index in [-0.39, 0.29) is 12.5 Å². The van der Waals surface area contributed by atoms with Crippen molar-refractivity contribution in [1.82, 2.24) is 5.32 Å². The van der Waals surface area contributed by atoms with Crippen LogP contribution >= 0.6 is 0 Å². The quantitative estimate of drug-likeness (QED) is 0.497. The number of aryl methyl sites for hydroxylation is 2. The number of carbonyl (C=O) groups excluding carboxylic acids is 1. The van der Waals surface area contributed by atoms with Gasteiger partial charge in [0, 0.05) is 5.56 Å². The highest BCUT2D eigenvalue weighted by molar-refractivity contribution is 7.92. The highest BCUT2D eigenvalue weighted by Gasteiger charge is 2.17. The standard InChI is InChI=1S/C25H28N2O4S/c1-19-15-20(2)17-24(16-19)31-14-13-26-25(28)22-11-9-21(10-12-22)18-27(32(3,29)30)23-7-5-4-6-8-23/h4-12,15-17H,13-14,18H2,1-3H3,(H,26,28). The van der Waals surface area contributed by atoms with Crippen LogP contribution in [0.2, 0.25) is 0 Å². The first kappa shape index (κ1) is 23.3. The van der Waals surface area contributed by atoms with Crippen LogP contribution in [0.3, 0.4) is 0 Å². The van der Waals surface area contributed by atoms with E-state index in [4.69, 9.17) is 4.74 Å². The van der Waals surface area contributed by atoms with Crippen molar-refractivity contribution < 1.29 is 17.9 Å². The minimum Gasteiger partial charge on any atom is -0.492 e. The molecule has 32 heavy (non-hydrogen) atoms. The number of nitrogens with one attached hydrogen (secondary N) is 1. The maximum Gasteiger partial charge on any atom is 0.251 e. The third-order valence-corrected chi connectivity index (χ3v) is 5.98.